The van der Waals surface area contributed by atoms with Crippen molar-refractivity contribution in [2.45, 2.75) is 38.2 Å². The molecule has 1 aliphatic carbocycles. The predicted molar refractivity (Wildman–Crippen MR) is 75.6 cm³/mol. The largest absolute Gasteiger partial charge is 0.391 e. The molecule has 1 aromatic carbocycles. The first-order chi connectivity index (χ1) is 10.5. The molecule has 0 saturated heterocycles. The van der Waals surface area contributed by atoms with Crippen molar-refractivity contribution in [2.75, 3.05) is 6.54 Å². The molecule has 0 unspecified atom stereocenters. The van der Waals surface area contributed by atoms with Crippen molar-refractivity contribution >= 4 is 5.91 Å². The van der Waals surface area contributed by atoms with E-state index in [0.29, 0.717) is 12.8 Å². The third-order valence-corrected chi connectivity index (χ3v) is 4.07. The van der Waals surface area contributed by atoms with Crippen LogP contribution in [0.3, 0.4) is 0 Å². The summed E-state index contributed by atoms with van der Waals surface area (Å²) in [5, 5.41) is 21.6. The number of amides is 1. The molecule has 0 aromatic heterocycles. The molecule has 22 heavy (non-hydrogen) atoms. The number of hydrogen-bond acceptors (Lipinski definition) is 3. The van der Waals surface area contributed by atoms with Crippen LogP contribution in [0.15, 0.2) is 18.2 Å². The first kappa shape index (κ1) is 16.4. The summed E-state index contributed by atoms with van der Waals surface area (Å²) in [4.78, 5) is 12.1. The Morgan fingerprint density at radius 1 is 1.41 bits per heavy atom. The SMILES string of the molecule is N#CC1(C(=O)NC[C@H](O)Cc2ccc(F)cc2F)CCCC1. The normalized spacial score (nSPS) is 17.7. The minimum atomic E-state index is -0.999. The monoisotopic (exact) mass is 308 g/mol. The Hall–Kier alpha value is -2.00. The maximum Gasteiger partial charge on any atom is 0.240 e. The summed E-state index contributed by atoms with van der Waals surface area (Å²) >= 11 is 0. The summed E-state index contributed by atoms with van der Waals surface area (Å²) in [5.74, 6) is -1.79. The Morgan fingerprint density at radius 3 is 2.68 bits per heavy atom. The fraction of sp³-hybridized carbons (Fsp3) is 0.500. The standard InChI is InChI=1S/C16H18F2N2O2/c17-12-4-3-11(14(18)8-12)7-13(21)9-20-15(22)16(10-19)5-1-2-6-16/h3-4,8,13,21H,1-2,5-7,9H2,(H,20,22)/t13-/m1/s1. The number of hydrogen-bond donors (Lipinski definition) is 2. The molecule has 2 rings (SSSR count). The van der Waals surface area contributed by atoms with E-state index in [0.717, 1.165) is 25.0 Å². The molecule has 1 aliphatic rings. The van der Waals surface area contributed by atoms with Gasteiger partial charge in [0.05, 0.1) is 12.2 Å². The zero-order valence-electron chi connectivity index (χ0n) is 12.1. The quantitative estimate of drug-likeness (QED) is 0.874. The van der Waals surface area contributed by atoms with E-state index in [-0.39, 0.29) is 24.4 Å². The van der Waals surface area contributed by atoms with Crippen LogP contribution in [-0.2, 0) is 11.2 Å². The molecule has 1 amide bonds. The maximum absolute atomic E-state index is 13.5. The van der Waals surface area contributed by atoms with E-state index < -0.39 is 23.2 Å². The Bertz CT molecular complexity index is 592. The van der Waals surface area contributed by atoms with Crippen LogP contribution < -0.4 is 5.32 Å². The molecule has 1 atom stereocenters. The first-order valence-corrected chi connectivity index (χ1v) is 7.28. The zero-order valence-corrected chi connectivity index (χ0v) is 12.1. The fourth-order valence-corrected chi connectivity index (χ4v) is 2.76. The number of nitrogens with one attached hydrogen (secondary N) is 1. The lowest BCUT2D eigenvalue weighted by atomic mass is 9.87. The summed E-state index contributed by atoms with van der Waals surface area (Å²) in [6.45, 7) is -0.0704. The molecule has 6 heteroatoms. The van der Waals surface area contributed by atoms with Crippen LogP contribution in [0, 0.1) is 28.4 Å². The van der Waals surface area contributed by atoms with Gasteiger partial charge in [-0.1, -0.05) is 18.9 Å². The van der Waals surface area contributed by atoms with Crippen LogP contribution in [0.1, 0.15) is 31.2 Å². The lowest BCUT2D eigenvalue weighted by Crippen LogP contribution is -2.42. The van der Waals surface area contributed by atoms with E-state index in [1.54, 1.807) is 0 Å². The fourth-order valence-electron chi connectivity index (χ4n) is 2.76. The Balaban J connectivity index is 1.89. The number of nitrogens with zero attached hydrogens (tertiary/aromatic N) is 1. The van der Waals surface area contributed by atoms with Crippen LogP contribution >= 0.6 is 0 Å². The minimum absolute atomic E-state index is 0.0358. The van der Waals surface area contributed by atoms with Gasteiger partial charge in [-0.2, -0.15) is 5.26 Å². The van der Waals surface area contributed by atoms with Gasteiger partial charge in [-0.15, -0.1) is 0 Å². The number of aliphatic hydroxyl groups excluding tert-OH is 1. The smallest absolute Gasteiger partial charge is 0.240 e. The molecule has 118 valence electrons. The number of rotatable bonds is 5. The van der Waals surface area contributed by atoms with Crippen LogP contribution in [-0.4, -0.2) is 23.7 Å². The van der Waals surface area contributed by atoms with E-state index in [1.165, 1.54) is 6.07 Å². The van der Waals surface area contributed by atoms with Gasteiger partial charge in [0.25, 0.3) is 0 Å². The van der Waals surface area contributed by atoms with E-state index in [9.17, 15) is 23.9 Å². The van der Waals surface area contributed by atoms with Crippen molar-refractivity contribution in [3.63, 3.8) is 0 Å². The first-order valence-electron chi connectivity index (χ1n) is 7.28. The second-order valence-corrected chi connectivity index (χ2v) is 5.70. The Kier molecular flexibility index (Phi) is 5.09. The molecule has 0 aliphatic heterocycles. The third kappa shape index (κ3) is 3.60. The lowest BCUT2D eigenvalue weighted by molar-refractivity contribution is -0.128. The average molecular weight is 308 g/mol. The molecular formula is C16H18F2N2O2. The molecule has 1 aromatic rings. The van der Waals surface area contributed by atoms with Gasteiger partial charge in [-0.25, -0.2) is 8.78 Å². The molecular weight excluding hydrogens is 290 g/mol. The number of nitriles is 1. The number of carbonyl (C=O) groups is 1. The molecule has 0 heterocycles. The Labute approximate surface area is 127 Å². The van der Waals surface area contributed by atoms with Crippen molar-refractivity contribution in [2.24, 2.45) is 5.41 Å². The van der Waals surface area contributed by atoms with Gasteiger partial charge in [0.2, 0.25) is 5.91 Å². The molecule has 0 bridgehead atoms. The van der Waals surface area contributed by atoms with Gasteiger partial charge >= 0.3 is 0 Å². The van der Waals surface area contributed by atoms with Gasteiger partial charge in [0, 0.05) is 19.0 Å². The van der Waals surface area contributed by atoms with Crippen LogP contribution in [0.4, 0.5) is 8.78 Å². The van der Waals surface area contributed by atoms with E-state index >= 15 is 0 Å². The van der Waals surface area contributed by atoms with Crippen LogP contribution in [0.5, 0.6) is 0 Å². The van der Waals surface area contributed by atoms with Crippen molar-refractivity contribution < 1.29 is 18.7 Å². The average Bonchev–Trinajstić information content (AvgIpc) is 2.98. The highest BCUT2D eigenvalue weighted by Gasteiger charge is 2.41. The number of carbonyl (C=O) groups excluding carboxylic acids is 1. The van der Waals surface area contributed by atoms with E-state index in [2.05, 4.69) is 11.4 Å². The maximum atomic E-state index is 13.5. The second-order valence-electron chi connectivity index (χ2n) is 5.70. The second kappa shape index (κ2) is 6.84. The van der Waals surface area contributed by atoms with Crippen molar-refractivity contribution in [3.05, 3.63) is 35.4 Å². The number of aliphatic hydroxyl groups is 1. The molecule has 0 spiro atoms. The highest BCUT2D eigenvalue weighted by molar-refractivity contribution is 5.85. The number of halogens is 2. The minimum Gasteiger partial charge on any atom is -0.391 e. The molecule has 1 fully saturated rings. The van der Waals surface area contributed by atoms with Crippen molar-refractivity contribution in [3.8, 4) is 6.07 Å². The van der Waals surface area contributed by atoms with Crippen molar-refractivity contribution in [1.29, 1.82) is 5.26 Å². The molecule has 4 nitrogen and oxygen atoms in total. The van der Waals surface area contributed by atoms with Gasteiger partial charge in [-0.05, 0) is 24.5 Å². The van der Waals surface area contributed by atoms with Crippen LogP contribution in [0.25, 0.3) is 0 Å². The van der Waals surface area contributed by atoms with E-state index in [4.69, 9.17) is 0 Å². The number of benzene rings is 1. The van der Waals surface area contributed by atoms with Gasteiger partial charge in [0.15, 0.2) is 0 Å². The topological polar surface area (TPSA) is 73.1 Å². The lowest BCUT2D eigenvalue weighted by Gasteiger charge is -2.20. The summed E-state index contributed by atoms with van der Waals surface area (Å²) < 4.78 is 26.3. The van der Waals surface area contributed by atoms with Crippen molar-refractivity contribution in [1.82, 2.24) is 5.32 Å². The zero-order chi connectivity index (χ0) is 16.2. The highest BCUT2D eigenvalue weighted by Crippen LogP contribution is 2.37. The third-order valence-electron chi connectivity index (χ3n) is 4.07. The highest BCUT2D eigenvalue weighted by atomic mass is 19.1. The van der Waals surface area contributed by atoms with Crippen LogP contribution in [0.2, 0.25) is 0 Å². The molecule has 1 saturated carbocycles. The summed E-state index contributed by atoms with van der Waals surface area (Å²) in [6, 6.07) is 5.21. The molecule has 2 N–H and O–H groups in total. The van der Waals surface area contributed by atoms with E-state index in [1.807, 2.05) is 0 Å². The predicted octanol–water partition coefficient (Wildman–Crippen LogP) is 2.07. The summed E-state index contributed by atoms with van der Waals surface area (Å²) in [7, 11) is 0. The molecule has 0 radical (unpaired) electrons. The Morgan fingerprint density at radius 2 is 2.09 bits per heavy atom. The van der Waals surface area contributed by atoms with Gasteiger partial charge in [-0.3, -0.25) is 4.79 Å². The van der Waals surface area contributed by atoms with Gasteiger partial charge < -0.3 is 10.4 Å². The van der Waals surface area contributed by atoms with Gasteiger partial charge in [0.1, 0.15) is 17.0 Å². The summed E-state index contributed by atoms with van der Waals surface area (Å²) in [6.07, 6.45) is 1.69. The summed E-state index contributed by atoms with van der Waals surface area (Å²) in [5.41, 5.74) is -0.820.